The van der Waals surface area contributed by atoms with E-state index in [0.717, 1.165) is 5.82 Å². The van der Waals surface area contributed by atoms with Crippen LogP contribution >= 0.6 is 0 Å². The molecule has 7 heteroatoms. The number of rotatable bonds is 3. The first-order valence-electron chi connectivity index (χ1n) is 5.67. The Hall–Kier alpha value is -2.18. The van der Waals surface area contributed by atoms with Gasteiger partial charge in [0.05, 0.1) is 6.20 Å². The number of aliphatic carboxylic acids is 1. The Morgan fingerprint density at radius 3 is 2.50 bits per heavy atom. The molecule has 1 fully saturated rings. The van der Waals surface area contributed by atoms with Crippen molar-refractivity contribution < 1.29 is 14.7 Å². The van der Waals surface area contributed by atoms with Crippen molar-refractivity contribution >= 4 is 17.7 Å². The van der Waals surface area contributed by atoms with Crippen LogP contribution in [-0.4, -0.2) is 58.0 Å². The van der Waals surface area contributed by atoms with Crippen molar-refractivity contribution in [1.29, 1.82) is 0 Å². The molecule has 1 saturated heterocycles. The standard InChI is InChI=1S/C11H14N4O3/c16-10(7-11(17)18)15-5-3-14(4-6-15)9-8-12-1-2-13-9/h1-2,8H,3-7H2,(H,17,18). The minimum Gasteiger partial charge on any atom is -0.481 e. The summed E-state index contributed by atoms with van der Waals surface area (Å²) in [6, 6.07) is 0. The quantitative estimate of drug-likeness (QED) is 0.734. The van der Waals surface area contributed by atoms with Crippen LogP contribution in [-0.2, 0) is 9.59 Å². The fraction of sp³-hybridized carbons (Fsp3) is 0.455. The van der Waals surface area contributed by atoms with Crippen LogP contribution in [0.15, 0.2) is 18.6 Å². The fourth-order valence-corrected chi connectivity index (χ4v) is 1.88. The molecule has 0 spiro atoms. The van der Waals surface area contributed by atoms with Crippen LogP contribution in [0.3, 0.4) is 0 Å². The summed E-state index contributed by atoms with van der Waals surface area (Å²) >= 11 is 0. The number of amides is 1. The van der Waals surface area contributed by atoms with Gasteiger partial charge in [-0.3, -0.25) is 14.6 Å². The summed E-state index contributed by atoms with van der Waals surface area (Å²) in [4.78, 5) is 33.8. The topological polar surface area (TPSA) is 86.6 Å². The number of carbonyl (C=O) groups excluding carboxylic acids is 1. The monoisotopic (exact) mass is 250 g/mol. The smallest absolute Gasteiger partial charge is 0.312 e. The number of carboxylic acid groups (broad SMARTS) is 1. The Morgan fingerprint density at radius 1 is 1.22 bits per heavy atom. The van der Waals surface area contributed by atoms with Crippen LogP contribution in [0.25, 0.3) is 0 Å². The summed E-state index contributed by atoms with van der Waals surface area (Å²) in [5.41, 5.74) is 0. The van der Waals surface area contributed by atoms with Gasteiger partial charge in [-0.05, 0) is 0 Å². The first-order chi connectivity index (χ1) is 8.66. The second-order valence-electron chi connectivity index (χ2n) is 4.00. The number of aromatic nitrogens is 2. The molecule has 1 aromatic heterocycles. The number of hydrogen-bond acceptors (Lipinski definition) is 5. The number of hydrogen-bond donors (Lipinski definition) is 1. The number of carboxylic acids is 1. The molecular formula is C11H14N4O3. The van der Waals surface area contributed by atoms with E-state index in [4.69, 9.17) is 5.11 Å². The number of piperazine rings is 1. The van der Waals surface area contributed by atoms with Gasteiger partial charge in [0.25, 0.3) is 0 Å². The normalized spacial score (nSPS) is 15.6. The van der Waals surface area contributed by atoms with E-state index in [2.05, 4.69) is 9.97 Å². The summed E-state index contributed by atoms with van der Waals surface area (Å²) in [6.45, 7) is 2.32. The molecule has 0 aliphatic carbocycles. The van der Waals surface area contributed by atoms with Crippen molar-refractivity contribution in [3.05, 3.63) is 18.6 Å². The maximum atomic E-state index is 11.6. The predicted molar refractivity (Wildman–Crippen MR) is 63.1 cm³/mol. The molecule has 1 aromatic rings. The maximum Gasteiger partial charge on any atom is 0.312 e. The highest BCUT2D eigenvalue weighted by atomic mass is 16.4. The highest BCUT2D eigenvalue weighted by Crippen LogP contribution is 2.11. The molecule has 0 unspecified atom stereocenters. The summed E-state index contributed by atoms with van der Waals surface area (Å²) in [5.74, 6) is -0.638. The zero-order valence-electron chi connectivity index (χ0n) is 9.82. The maximum absolute atomic E-state index is 11.6. The zero-order chi connectivity index (χ0) is 13.0. The summed E-state index contributed by atoms with van der Waals surface area (Å²) < 4.78 is 0. The number of carbonyl (C=O) groups is 2. The van der Waals surface area contributed by atoms with Crippen LogP contribution in [0.2, 0.25) is 0 Å². The Labute approximate surface area is 104 Å². The molecule has 2 rings (SSSR count). The molecule has 0 radical (unpaired) electrons. The van der Waals surface area contributed by atoms with Gasteiger partial charge in [-0.15, -0.1) is 0 Å². The minimum atomic E-state index is -1.09. The summed E-state index contributed by atoms with van der Waals surface area (Å²) in [6.07, 6.45) is 4.47. The van der Waals surface area contributed by atoms with Gasteiger partial charge in [0.2, 0.25) is 5.91 Å². The molecule has 1 aliphatic heterocycles. The molecule has 18 heavy (non-hydrogen) atoms. The second-order valence-corrected chi connectivity index (χ2v) is 4.00. The van der Waals surface area contributed by atoms with Crippen molar-refractivity contribution in [2.45, 2.75) is 6.42 Å². The molecule has 0 aromatic carbocycles. The molecule has 0 saturated carbocycles. The molecule has 1 amide bonds. The van der Waals surface area contributed by atoms with Gasteiger partial charge in [-0.2, -0.15) is 0 Å². The highest BCUT2D eigenvalue weighted by molar-refractivity contribution is 5.93. The molecule has 0 bridgehead atoms. The van der Waals surface area contributed by atoms with Gasteiger partial charge < -0.3 is 14.9 Å². The zero-order valence-corrected chi connectivity index (χ0v) is 9.82. The third-order valence-corrected chi connectivity index (χ3v) is 2.81. The third-order valence-electron chi connectivity index (χ3n) is 2.81. The summed E-state index contributed by atoms with van der Waals surface area (Å²) in [7, 11) is 0. The average molecular weight is 250 g/mol. The molecule has 96 valence electrons. The second kappa shape index (κ2) is 5.44. The predicted octanol–water partition coefficient (Wildman–Crippen LogP) is -0.400. The van der Waals surface area contributed by atoms with Crippen molar-refractivity contribution in [2.75, 3.05) is 31.1 Å². The highest BCUT2D eigenvalue weighted by Gasteiger charge is 2.23. The Bertz CT molecular complexity index is 429. The molecule has 1 aliphatic rings. The van der Waals surface area contributed by atoms with E-state index in [0.29, 0.717) is 26.2 Å². The lowest BCUT2D eigenvalue weighted by Gasteiger charge is -2.35. The molecule has 2 heterocycles. The van der Waals surface area contributed by atoms with Crippen LogP contribution in [0.4, 0.5) is 5.82 Å². The lowest BCUT2D eigenvalue weighted by atomic mass is 10.3. The molecule has 1 N–H and O–H groups in total. The summed E-state index contributed by atoms with van der Waals surface area (Å²) in [5, 5.41) is 8.57. The largest absolute Gasteiger partial charge is 0.481 e. The third kappa shape index (κ3) is 2.93. The van der Waals surface area contributed by atoms with Gasteiger partial charge >= 0.3 is 5.97 Å². The van der Waals surface area contributed by atoms with E-state index < -0.39 is 12.4 Å². The van der Waals surface area contributed by atoms with E-state index in [9.17, 15) is 9.59 Å². The molecule has 7 nitrogen and oxygen atoms in total. The average Bonchev–Trinajstić information content (AvgIpc) is 2.39. The van der Waals surface area contributed by atoms with Gasteiger partial charge in [0.1, 0.15) is 12.2 Å². The lowest BCUT2D eigenvalue weighted by molar-refractivity contribution is -0.144. The first-order valence-corrected chi connectivity index (χ1v) is 5.67. The van der Waals surface area contributed by atoms with Crippen LogP contribution in [0, 0.1) is 0 Å². The van der Waals surface area contributed by atoms with Gasteiger partial charge in [0.15, 0.2) is 0 Å². The van der Waals surface area contributed by atoms with E-state index in [-0.39, 0.29) is 5.91 Å². The molecular weight excluding hydrogens is 236 g/mol. The van der Waals surface area contributed by atoms with Crippen molar-refractivity contribution in [1.82, 2.24) is 14.9 Å². The Balaban J connectivity index is 1.88. The number of nitrogens with zero attached hydrogens (tertiary/aromatic N) is 4. The van der Waals surface area contributed by atoms with Gasteiger partial charge in [-0.25, -0.2) is 4.98 Å². The van der Waals surface area contributed by atoms with Crippen LogP contribution in [0.5, 0.6) is 0 Å². The fourth-order valence-electron chi connectivity index (χ4n) is 1.88. The number of anilines is 1. The van der Waals surface area contributed by atoms with Crippen LogP contribution in [0.1, 0.15) is 6.42 Å². The van der Waals surface area contributed by atoms with Crippen molar-refractivity contribution in [2.24, 2.45) is 0 Å². The van der Waals surface area contributed by atoms with E-state index in [1.807, 2.05) is 4.90 Å². The van der Waals surface area contributed by atoms with E-state index in [1.54, 1.807) is 23.5 Å². The van der Waals surface area contributed by atoms with Gasteiger partial charge in [-0.1, -0.05) is 0 Å². The Kier molecular flexibility index (Phi) is 3.71. The lowest BCUT2D eigenvalue weighted by Crippen LogP contribution is -2.49. The molecule has 0 atom stereocenters. The van der Waals surface area contributed by atoms with E-state index >= 15 is 0 Å². The SMILES string of the molecule is O=C(O)CC(=O)N1CCN(c2cnccn2)CC1. The van der Waals surface area contributed by atoms with E-state index in [1.165, 1.54) is 0 Å². The van der Waals surface area contributed by atoms with Gasteiger partial charge in [0, 0.05) is 38.6 Å². The Morgan fingerprint density at radius 2 is 1.94 bits per heavy atom. The first kappa shape index (κ1) is 12.3. The van der Waals surface area contributed by atoms with Crippen molar-refractivity contribution in [3.8, 4) is 0 Å². The van der Waals surface area contributed by atoms with Crippen molar-refractivity contribution in [3.63, 3.8) is 0 Å². The minimum absolute atomic E-state index is 0.332. The van der Waals surface area contributed by atoms with Crippen LogP contribution < -0.4 is 4.90 Å².